The van der Waals surface area contributed by atoms with E-state index in [1.807, 2.05) is 73.7 Å². The van der Waals surface area contributed by atoms with Crippen LogP contribution in [0.25, 0.3) is 5.69 Å². The summed E-state index contributed by atoms with van der Waals surface area (Å²) in [5.41, 5.74) is 5.10. The van der Waals surface area contributed by atoms with E-state index >= 15 is 0 Å². The number of para-hydroxylation sites is 1. The molecule has 8 heteroatoms. The molecular weight excluding hydrogens is 524 g/mol. The third-order valence-electron chi connectivity index (χ3n) is 7.87. The lowest BCUT2D eigenvalue weighted by Crippen LogP contribution is -2.34. The van der Waals surface area contributed by atoms with Gasteiger partial charge in [-0.05, 0) is 80.2 Å². The molecule has 8 nitrogen and oxygen atoms in total. The first-order chi connectivity index (χ1) is 20.2. The largest absolute Gasteiger partial charge is 0.324 e. The number of hydrogen-bond acceptors (Lipinski definition) is 5. The fourth-order valence-corrected chi connectivity index (χ4v) is 5.55. The molecule has 0 saturated carbocycles. The summed E-state index contributed by atoms with van der Waals surface area (Å²) in [5.74, 6) is 0.573. The van der Waals surface area contributed by atoms with Gasteiger partial charge in [-0.1, -0.05) is 56.7 Å². The van der Waals surface area contributed by atoms with Crippen molar-refractivity contribution in [2.45, 2.75) is 58.3 Å². The minimum Gasteiger partial charge on any atom is -0.317 e. The summed E-state index contributed by atoms with van der Waals surface area (Å²) in [7, 11) is 0. The zero-order valence-electron chi connectivity index (χ0n) is 24.9. The lowest BCUT2D eigenvalue weighted by Gasteiger charge is -2.31. The van der Waals surface area contributed by atoms with Crippen LogP contribution in [0.15, 0.2) is 79.1 Å². The van der Waals surface area contributed by atoms with Crippen LogP contribution in [0.2, 0.25) is 0 Å². The molecule has 0 radical (unpaired) electrons. The first kappa shape index (κ1) is 29.2. The van der Waals surface area contributed by atoms with E-state index in [1.54, 1.807) is 17.1 Å². The first-order valence-electron chi connectivity index (χ1n) is 14.7. The van der Waals surface area contributed by atoms with Crippen LogP contribution in [-0.4, -0.2) is 39.7 Å². The fourth-order valence-electron chi connectivity index (χ4n) is 5.55. The summed E-state index contributed by atoms with van der Waals surface area (Å²) in [5, 5.41) is 14.3. The number of nitrogens with one attached hydrogen (secondary N) is 3. The second-order valence-corrected chi connectivity index (χ2v) is 12.1. The van der Waals surface area contributed by atoms with E-state index < -0.39 is 0 Å². The minimum absolute atomic E-state index is 0.148. The molecule has 2 aromatic heterocycles. The van der Waals surface area contributed by atoms with Gasteiger partial charge in [0, 0.05) is 41.9 Å². The van der Waals surface area contributed by atoms with Crippen LogP contribution < -0.4 is 16.0 Å². The van der Waals surface area contributed by atoms with Crippen molar-refractivity contribution in [2.75, 3.05) is 23.7 Å². The molecule has 4 aromatic rings. The van der Waals surface area contributed by atoms with E-state index in [2.05, 4.69) is 41.7 Å². The van der Waals surface area contributed by atoms with E-state index in [4.69, 9.17) is 5.10 Å². The van der Waals surface area contributed by atoms with Gasteiger partial charge in [0.2, 0.25) is 0 Å². The highest BCUT2D eigenvalue weighted by Gasteiger charge is 2.32. The number of carbonyl (C=O) groups is 2. The molecule has 42 heavy (non-hydrogen) atoms. The van der Waals surface area contributed by atoms with Crippen molar-refractivity contribution in [1.82, 2.24) is 20.1 Å². The Balaban J connectivity index is 1.43. The zero-order valence-corrected chi connectivity index (χ0v) is 24.9. The Hall–Kier alpha value is -4.30. The third-order valence-corrected chi connectivity index (χ3v) is 7.87. The van der Waals surface area contributed by atoms with Crippen LogP contribution in [-0.2, 0) is 16.6 Å². The molecule has 218 valence electrons. The van der Waals surface area contributed by atoms with Crippen LogP contribution in [0.4, 0.5) is 16.3 Å². The van der Waals surface area contributed by atoms with Crippen molar-refractivity contribution < 1.29 is 9.59 Å². The predicted molar refractivity (Wildman–Crippen MR) is 167 cm³/mol. The standard InChI is InChI=1S/C34H40N6O2/c1-23-9-11-26(12-10-23)40-31(22-30(39-40)34(2,3)4)38-33(42)37-28-8-6-5-7-27(28)32(25-15-19-36-20-16-25)29(41)21-24-13-17-35-18-14-24/h5-14,17-18,22,25,32,36H,15-16,19-21H2,1-4H3,(H2,37,38,42). The van der Waals surface area contributed by atoms with Gasteiger partial charge in [0.15, 0.2) is 0 Å². The highest BCUT2D eigenvalue weighted by atomic mass is 16.2. The summed E-state index contributed by atoms with van der Waals surface area (Å²) in [6.45, 7) is 10.1. The number of piperidine rings is 1. The zero-order chi connectivity index (χ0) is 29.7. The normalized spacial score (nSPS) is 14.8. The highest BCUT2D eigenvalue weighted by molar-refractivity contribution is 6.01. The first-order valence-corrected chi connectivity index (χ1v) is 14.7. The van der Waals surface area contributed by atoms with Crippen LogP contribution in [0.3, 0.4) is 0 Å². The molecule has 2 amide bonds. The second-order valence-electron chi connectivity index (χ2n) is 12.1. The Bertz CT molecular complexity index is 1520. The molecule has 1 aliphatic heterocycles. The number of Topliss-reactive ketones (excluding diaryl/α,β-unsaturated/α-hetero) is 1. The molecule has 1 saturated heterocycles. The summed E-state index contributed by atoms with van der Waals surface area (Å²) in [6, 6.07) is 21.0. The molecule has 3 N–H and O–H groups in total. The monoisotopic (exact) mass is 564 g/mol. The average Bonchev–Trinajstić information content (AvgIpc) is 3.40. The van der Waals surface area contributed by atoms with Crippen LogP contribution in [0.1, 0.15) is 61.9 Å². The molecule has 1 aliphatic rings. The van der Waals surface area contributed by atoms with Gasteiger partial charge in [-0.3, -0.25) is 15.1 Å². The van der Waals surface area contributed by atoms with Gasteiger partial charge in [-0.15, -0.1) is 0 Å². The van der Waals surface area contributed by atoms with Crippen molar-refractivity contribution in [3.8, 4) is 5.69 Å². The number of benzene rings is 2. The lowest BCUT2D eigenvalue weighted by atomic mass is 9.76. The van der Waals surface area contributed by atoms with Crippen LogP contribution >= 0.6 is 0 Å². The molecule has 2 aromatic carbocycles. The van der Waals surface area contributed by atoms with E-state index in [0.717, 1.165) is 54.0 Å². The number of aromatic nitrogens is 3. The Kier molecular flexibility index (Phi) is 8.83. The molecule has 1 unspecified atom stereocenters. The highest BCUT2D eigenvalue weighted by Crippen LogP contribution is 2.37. The fraction of sp³-hybridized carbons (Fsp3) is 0.353. The Labute approximate surface area is 248 Å². The number of amides is 2. The van der Waals surface area contributed by atoms with Crippen LogP contribution in [0.5, 0.6) is 0 Å². The van der Waals surface area contributed by atoms with Crippen molar-refractivity contribution in [3.63, 3.8) is 0 Å². The van der Waals surface area contributed by atoms with Gasteiger partial charge in [-0.2, -0.15) is 5.10 Å². The number of aryl methyl sites for hydroxylation is 1. The summed E-state index contributed by atoms with van der Waals surface area (Å²) >= 11 is 0. The third kappa shape index (κ3) is 6.94. The number of ketones is 1. The number of urea groups is 1. The van der Waals surface area contributed by atoms with Crippen molar-refractivity contribution in [2.24, 2.45) is 5.92 Å². The number of hydrogen-bond donors (Lipinski definition) is 3. The van der Waals surface area contributed by atoms with Gasteiger partial charge in [-0.25, -0.2) is 9.48 Å². The summed E-state index contributed by atoms with van der Waals surface area (Å²) < 4.78 is 1.77. The van der Waals surface area contributed by atoms with E-state index in [0.29, 0.717) is 17.9 Å². The van der Waals surface area contributed by atoms with E-state index in [9.17, 15) is 9.59 Å². The molecule has 5 rings (SSSR count). The van der Waals surface area contributed by atoms with Gasteiger partial charge >= 0.3 is 6.03 Å². The molecule has 0 aliphatic carbocycles. The Morgan fingerprint density at radius 3 is 2.36 bits per heavy atom. The Morgan fingerprint density at radius 1 is 0.976 bits per heavy atom. The summed E-state index contributed by atoms with van der Waals surface area (Å²) in [6.07, 6.45) is 5.56. The maximum Gasteiger partial charge on any atom is 0.324 e. The average molecular weight is 565 g/mol. The predicted octanol–water partition coefficient (Wildman–Crippen LogP) is 6.41. The Morgan fingerprint density at radius 2 is 1.67 bits per heavy atom. The van der Waals surface area contributed by atoms with E-state index in [-0.39, 0.29) is 29.1 Å². The van der Waals surface area contributed by atoms with Gasteiger partial charge in [0.05, 0.1) is 11.4 Å². The molecule has 1 atom stereocenters. The molecule has 0 bridgehead atoms. The van der Waals surface area contributed by atoms with Crippen molar-refractivity contribution in [1.29, 1.82) is 0 Å². The molecular formula is C34H40N6O2. The quantitative estimate of drug-likeness (QED) is 0.230. The number of rotatable bonds is 8. The number of carbonyl (C=O) groups excluding carboxylic acids is 2. The van der Waals surface area contributed by atoms with Gasteiger partial charge < -0.3 is 10.6 Å². The van der Waals surface area contributed by atoms with E-state index in [1.165, 1.54) is 0 Å². The molecule has 0 spiro atoms. The van der Waals surface area contributed by atoms with Gasteiger partial charge in [0.25, 0.3) is 0 Å². The second kappa shape index (κ2) is 12.7. The maximum absolute atomic E-state index is 13.9. The van der Waals surface area contributed by atoms with Crippen molar-refractivity contribution >= 4 is 23.3 Å². The smallest absolute Gasteiger partial charge is 0.317 e. The van der Waals surface area contributed by atoms with Crippen molar-refractivity contribution in [3.05, 3.63) is 102 Å². The van der Waals surface area contributed by atoms with Crippen LogP contribution in [0, 0.1) is 12.8 Å². The molecule has 1 fully saturated rings. The lowest BCUT2D eigenvalue weighted by molar-refractivity contribution is -0.121. The SMILES string of the molecule is Cc1ccc(-n2nc(C(C)(C)C)cc2NC(=O)Nc2ccccc2C(C(=O)Cc2ccncc2)C2CCNCC2)cc1. The minimum atomic E-state index is -0.387. The topological polar surface area (TPSA) is 101 Å². The van der Waals surface area contributed by atoms with Gasteiger partial charge in [0.1, 0.15) is 11.6 Å². The maximum atomic E-state index is 13.9. The number of anilines is 2. The number of nitrogens with zero attached hydrogens (tertiary/aromatic N) is 3. The summed E-state index contributed by atoms with van der Waals surface area (Å²) in [4.78, 5) is 31.5. The molecule has 3 heterocycles. The number of pyridine rings is 1.